The van der Waals surface area contributed by atoms with Crippen molar-refractivity contribution in [3.8, 4) is 11.5 Å². The molecule has 1 aromatic heterocycles. The van der Waals surface area contributed by atoms with Crippen molar-refractivity contribution in [3.05, 3.63) is 57.9 Å². The van der Waals surface area contributed by atoms with E-state index >= 15 is 0 Å². The molecule has 0 atom stereocenters. The maximum atomic E-state index is 12.7. The zero-order valence-corrected chi connectivity index (χ0v) is 15.3. The molecular formula is C17H14ClNO6S. The van der Waals surface area contributed by atoms with Gasteiger partial charge in [-0.2, -0.15) is 0 Å². The van der Waals surface area contributed by atoms with Crippen molar-refractivity contribution >= 4 is 38.3 Å². The molecule has 0 aliphatic rings. The van der Waals surface area contributed by atoms with Crippen molar-refractivity contribution in [1.29, 1.82) is 0 Å². The summed E-state index contributed by atoms with van der Waals surface area (Å²) in [4.78, 5) is 11.2. The Morgan fingerprint density at radius 2 is 1.73 bits per heavy atom. The van der Waals surface area contributed by atoms with Crippen LogP contribution >= 0.6 is 11.6 Å². The Bertz CT molecular complexity index is 1140. The molecule has 0 amide bonds. The second-order valence-corrected chi connectivity index (χ2v) is 7.34. The molecule has 7 nitrogen and oxygen atoms in total. The van der Waals surface area contributed by atoms with Crippen LogP contribution < -0.4 is 19.8 Å². The van der Waals surface area contributed by atoms with Crippen LogP contribution in [-0.2, 0) is 10.0 Å². The molecule has 136 valence electrons. The lowest BCUT2D eigenvalue weighted by Crippen LogP contribution is -2.14. The number of rotatable bonds is 5. The summed E-state index contributed by atoms with van der Waals surface area (Å²) < 4.78 is 43.1. The van der Waals surface area contributed by atoms with Crippen LogP contribution in [0.25, 0.3) is 11.0 Å². The summed E-state index contributed by atoms with van der Waals surface area (Å²) in [7, 11) is -1.09. The van der Waals surface area contributed by atoms with Crippen LogP contribution in [0.2, 0.25) is 5.02 Å². The fraction of sp³-hybridized carbons (Fsp3) is 0.118. The maximum Gasteiger partial charge on any atom is 0.336 e. The zero-order chi connectivity index (χ0) is 18.9. The summed E-state index contributed by atoms with van der Waals surface area (Å²) in [5, 5.41) is 0.707. The first-order valence-corrected chi connectivity index (χ1v) is 9.18. The van der Waals surface area contributed by atoms with Gasteiger partial charge in [0.15, 0.2) is 0 Å². The summed E-state index contributed by atoms with van der Waals surface area (Å²) in [5.74, 6) is 0.605. The van der Waals surface area contributed by atoms with Gasteiger partial charge in [-0.15, -0.1) is 0 Å². The van der Waals surface area contributed by atoms with E-state index in [2.05, 4.69) is 4.72 Å². The van der Waals surface area contributed by atoms with Gasteiger partial charge >= 0.3 is 5.63 Å². The Labute approximate surface area is 154 Å². The first kappa shape index (κ1) is 18.1. The monoisotopic (exact) mass is 395 g/mol. The van der Waals surface area contributed by atoms with Crippen molar-refractivity contribution in [3.63, 3.8) is 0 Å². The fourth-order valence-electron chi connectivity index (χ4n) is 2.36. The normalized spacial score (nSPS) is 11.3. The van der Waals surface area contributed by atoms with Gasteiger partial charge in [0.2, 0.25) is 0 Å². The quantitative estimate of drug-likeness (QED) is 0.666. The first-order valence-electron chi connectivity index (χ1n) is 7.32. The van der Waals surface area contributed by atoms with Crippen LogP contribution in [0.5, 0.6) is 11.5 Å². The molecule has 1 N–H and O–H groups in total. The van der Waals surface area contributed by atoms with E-state index in [0.717, 1.165) is 0 Å². The highest BCUT2D eigenvalue weighted by Crippen LogP contribution is 2.37. The van der Waals surface area contributed by atoms with E-state index in [9.17, 15) is 13.2 Å². The van der Waals surface area contributed by atoms with Crippen LogP contribution in [0.1, 0.15) is 0 Å². The van der Waals surface area contributed by atoms with E-state index in [0.29, 0.717) is 16.7 Å². The third kappa shape index (κ3) is 3.47. The number of benzene rings is 2. The Morgan fingerprint density at radius 1 is 1.00 bits per heavy atom. The molecule has 0 spiro atoms. The van der Waals surface area contributed by atoms with Crippen molar-refractivity contribution in [2.24, 2.45) is 0 Å². The molecule has 3 rings (SSSR count). The summed E-state index contributed by atoms with van der Waals surface area (Å²) in [6.07, 6.45) is 0. The highest BCUT2D eigenvalue weighted by molar-refractivity contribution is 7.92. The van der Waals surface area contributed by atoms with Crippen LogP contribution in [0.15, 0.2) is 56.6 Å². The lowest BCUT2D eigenvalue weighted by molar-refractivity contribution is 0.396. The second kappa shape index (κ2) is 6.89. The van der Waals surface area contributed by atoms with Gasteiger partial charge in [0.25, 0.3) is 10.0 Å². The summed E-state index contributed by atoms with van der Waals surface area (Å²) in [6.45, 7) is 0. The average molecular weight is 396 g/mol. The number of sulfonamides is 1. The van der Waals surface area contributed by atoms with Gasteiger partial charge in [-0.3, -0.25) is 4.72 Å². The Hall–Kier alpha value is -2.71. The lowest BCUT2D eigenvalue weighted by Gasteiger charge is -2.14. The molecule has 2 aromatic carbocycles. The van der Waals surface area contributed by atoms with Crippen molar-refractivity contribution in [2.45, 2.75) is 4.90 Å². The van der Waals surface area contributed by atoms with E-state index in [4.69, 9.17) is 25.5 Å². The SMILES string of the molecule is COc1cc(OC)c(NS(=O)(=O)c2ccc3oc(=O)ccc3c2)cc1Cl. The molecule has 9 heteroatoms. The highest BCUT2D eigenvalue weighted by Gasteiger charge is 2.19. The fourth-order valence-corrected chi connectivity index (χ4v) is 3.70. The number of anilines is 1. The minimum Gasteiger partial charge on any atom is -0.495 e. The molecule has 0 radical (unpaired) electrons. The van der Waals surface area contributed by atoms with Gasteiger partial charge in [0, 0.05) is 17.5 Å². The molecule has 26 heavy (non-hydrogen) atoms. The number of halogens is 1. The zero-order valence-electron chi connectivity index (χ0n) is 13.8. The number of nitrogens with one attached hydrogen (secondary N) is 1. The Morgan fingerprint density at radius 3 is 2.42 bits per heavy atom. The number of hydrogen-bond acceptors (Lipinski definition) is 6. The molecule has 1 heterocycles. The molecule has 0 saturated heterocycles. The lowest BCUT2D eigenvalue weighted by atomic mass is 10.2. The van der Waals surface area contributed by atoms with E-state index in [1.807, 2.05) is 0 Å². The van der Waals surface area contributed by atoms with Crippen molar-refractivity contribution in [1.82, 2.24) is 0 Å². The van der Waals surface area contributed by atoms with Gasteiger partial charge in [0.1, 0.15) is 17.1 Å². The molecule has 3 aromatic rings. The van der Waals surface area contributed by atoms with Gasteiger partial charge < -0.3 is 13.9 Å². The second-order valence-electron chi connectivity index (χ2n) is 5.25. The van der Waals surface area contributed by atoms with E-state index in [1.165, 1.54) is 56.7 Å². The van der Waals surface area contributed by atoms with Crippen molar-refractivity contribution in [2.75, 3.05) is 18.9 Å². The largest absolute Gasteiger partial charge is 0.495 e. The van der Waals surface area contributed by atoms with E-state index < -0.39 is 15.6 Å². The minimum atomic E-state index is -3.93. The van der Waals surface area contributed by atoms with Gasteiger partial charge in [-0.25, -0.2) is 13.2 Å². The highest BCUT2D eigenvalue weighted by atomic mass is 35.5. The summed E-state index contributed by atoms with van der Waals surface area (Å²) >= 11 is 6.07. The predicted molar refractivity (Wildman–Crippen MR) is 97.8 cm³/mol. The van der Waals surface area contributed by atoms with Crippen LogP contribution in [0.4, 0.5) is 5.69 Å². The standard InChI is InChI=1S/C17H14ClNO6S/c1-23-15-9-16(24-2)13(8-12(15)18)19-26(21,22)11-4-5-14-10(7-11)3-6-17(20)25-14/h3-9,19H,1-2H3. The number of fused-ring (bicyclic) bond motifs is 1. The van der Waals surface area contributed by atoms with Gasteiger partial charge in [-0.05, 0) is 30.3 Å². The molecule has 0 bridgehead atoms. The summed E-state index contributed by atoms with van der Waals surface area (Å²) in [6, 6.07) is 9.75. The van der Waals surface area contributed by atoms with Crippen LogP contribution in [0.3, 0.4) is 0 Å². The number of methoxy groups -OCH3 is 2. The number of hydrogen-bond donors (Lipinski definition) is 1. The Kier molecular flexibility index (Phi) is 4.80. The number of ether oxygens (including phenoxy) is 2. The predicted octanol–water partition coefficient (Wildman–Crippen LogP) is 3.26. The third-order valence-electron chi connectivity index (χ3n) is 3.62. The van der Waals surface area contributed by atoms with E-state index in [1.54, 1.807) is 0 Å². The summed E-state index contributed by atoms with van der Waals surface area (Å²) in [5.41, 5.74) is -0.0524. The molecule has 0 aliphatic heterocycles. The first-order chi connectivity index (χ1) is 12.3. The van der Waals surface area contributed by atoms with Crippen LogP contribution in [-0.4, -0.2) is 22.6 Å². The average Bonchev–Trinajstić information content (AvgIpc) is 2.61. The van der Waals surface area contributed by atoms with Crippen LogP contribution in [0, 0.1) is 0 Å². The molecular weight excluding hydrogens is 382 g/mol. The molecule has 0 saturated carbocycles. The van der Waals surface area contributed by atoms with E-state index in [-0.39, 0.29) is 21.4 Å². The molecule has 0 aliphatic carbocycles. The topological polar surface area (TPSA) is 94.8 Å². The third-order valence-corrected chi connectivity index (χ3v) is 5.28. The molecule has 0 unspecified atom stereocenters. The smallest absolute Gasteiger partial charge is 0.336 e. The Balaban J connectivity index is 2.03. The minimum absolute atomic E-state index is 0.00663. The van der Waals surface area contributed by atoms with Crippen molar-refractivity contribution < 1.29 is 22.3 Å². The van der Waals surface area contributed by atoms with Gasteiger partial charge in [-0.1, -0.05) is 11.6 Å². The molecule has 0 fully saturated rings. The maximum absolute atomic E-state index is 12.7. The van der Waals surface area contributed by atoms with Gasteiger partial charge in [0.05, 0.1) is 29.8 Å².